The average Bonchev–Trinajstić information content (AvgIpc) is 3.84. The molecule has 3 fully saturated rings. The van der Waals surface area contributed by atoms with Gasteiger partial charge in [0, 0.05) is 63.0 Å². The number of rotatable bonds is 15. The molecule has 0 radical (unpaired) electrons. The van der Waals surface area contributed by atoms with Gasteiger partial charge in [-0.15, -0.1) is 0 Å². The van der Waals surface area contributed by atoms with Crippen molar-refractivity contribution in [3.8, 4) is 5.75 Å². The van der Waals surface area contributed by atoms with Crippen molar-refractivity contribution in [2.24, 2.45) is 0 Å². The van der Waals surface area contributed by atoms with E-state index in [0.717, 1.165) is 60.0 Å². The number of anilines is 4. The Balaban J connectivity index is 0.721. The largest absolute Gasteiger partial charge is 0.483 e. The first-order valence-corrected chi connectivity index (χ1v) is 20.8. The van der Waals surface area contributed by atoms with Crippen LogP contribution in [-0.2, 0) is 19.2 Å². The summed E-state index contributed by atoms with van der Waals surface area (Å²) in [5, 5.41) is 11.9. The molecule has 1 unspecified atom stereocenters. The zero-order valence-electron chi connectivity index (χ0n) is 33.3. The lowest BCUT2D eigenvalue weighted by molar-refractivity contribution is -0.136. The molecular weight excluding hydrogens is 771 g/mol. The Hall–Kier alpha value is -6.59. The van der Waals surface area contributed by atoms with Crippen molar-refractivity contribution in [3.63, 3.8) is 0 Å². The van der Waals surface area contributed by atoms with E-state index in [1.165, 1.54) is 37.5 Å². The summed E-state index contributed by atoms with van der Waals surface area (Å²) < 4.78 is 5.65. The van der Waals surface area contributed by atoms with Gasteiger partial charge in [-0.3, -0.25) is 39.0 Å². The third-order valence-electron chi connectivity index (χ3n) is 11.5. The summed E-state index contributed by atoms with van der Waals surface area (Å²) in [4.78, 5) is 97.7. The lowest BCUT2D eigenvalue weighted by Crippen LogP contribution is -2.54. The van der Waals surface area contributed by atoms with Crippen LogP contribution in [-0.4, -0.2) is 117 Å². The summed E-state index contributed by atoms with van der Waals surface area (Å²) in [7, 11) is 0. The molecular formula is C42H49N11O7. The van der Waals surface area contributed by atoms with Crippen molar-refractivity contribution >= 4 is 69.7 Å². The Kier molecular flexibility index (Phi) is 12.1. The molecule has 5 heterocycles. The molecule has 5 N–H and O–H groups in total. The first-order chi connectivity index (χ1) is 29.2. The number of nitrogens with zero attached hydrogens (tertiary/aromatic N) is 6. The lowest BCUT2D eigenvalue weighted by atomic mass is 9.95. The molecule has 60 heavy (non-hydrogen) atoms. The van der Waals surface area contributed by atoms with Gasteiger partial charge in [0.2, 0.25) is 23.7 Å². The molecule has 8 rings (SSSR count). The summed E-state index contributed by atoms with van der Waals surface area (Å²) in [5.74, 6) is -1.48. The third-order valence-corrected chi connectivity index (χ3v) is 11.5. The van der Waals surface area contributed by atoms with E-state index in [4.69, 9.17) is 9.72 Å². The van der Waals surface area contributed by atoms with Crippen LogP contribution in [0.2, 0.25) is 0 Å². The fraction of sp³-hybridized carbons (Fsp3) is 0.452. The van der Waals surface area contributed by atoms with Crippen LogP contribution in [0.4, 0.5) is 23.1 Å². The second-order valence-corrected chi connectivity index (χ2v) is 15.6. The maximum Gasteiger partial charge on any atom is 0.266 e. The quantitative estimate of drug-likeness (QED) is 0.0855. The van der Waals surface area contributed by atoms with E-state index in [-0.39, 0.29) is 42.2 Å². The fourth-order valence-corrected chi connectivity index (χ4v) is 8.30. The molecule has 18 nitrogen and oxygen atoms in total. The van der Waals surface area contributed by atoms with Gasteiger partial charge in [-0.1, -0.05) is 31.7 Å². The number of H-pyrrole nitrogens is 1. The summed E-state index contributed by atoms with van der Waals surface area (Å²) in [5.41, 5.74) is 3.43. The number of carbonyl (C=O) groups excluding carboxylic acids is 6. The second kappa shape index (κ2) is 18.1. The van der Waals surface area contributed by atoms with E-state index in [1.807, 2.05) is 17.0 Å². The minimum Gasteiger partial charge on any atom is -0.483 e. The van der Waals surface area contributed by atoms with Crippen LogP contribution >= 0.6 is 0 Å². The van der Waals surface area contributed by atoms with Gasteiger partial charge in [0.25, 0.3) is 17.7 Å². The van der Waals surface area contributed by atoms with Gasteiger partial charge < -0.3 is 35.5 Å². The topological polar surface area (TPSA) is 224 Å². The Bertz CT molecular complexity index is 2270. The molecule has 1 saturated carbocycles. The van der Waals surface area contributed by atoms with Crippen LogP contribution < -0.4 is 30.9 Å². The highest BCUT2D eigenvalue weighted by Crippen LogP contribution is 2.34. The molecule has 2 aromatic carbocycles. The number of hydrogen-bond acceptors (Lipinski definition) is 13. The number of hydrogen-bond donors (Lipinski definition) is 5. The number of piperazine rings is 1. The van der Waals surface area contributed by atoms with Gasteiger partial charge in [0.05, 0.1) is 17.5 Å². The first-order valence-electron chi connectivity index (χ1n) is 20.8. The van der Waals surface area contributed by atoms with E-state index >= 15 is 0 Å². The Morgan fingerprint density at radius 1 is 0.867 bits per heavy atom. The number of imide groups is 2. The maximum atomic E-state index is 13.2. The Morgan fingerprint density at radius 2 is 1.67 bits per heavy atom. The number of benzene rings is 2. The number of amides is 6. The number of piperidine rings is 1. The zero-order chi connectivity index (χ0) is 41.6. The van der Waals surface area contributed by atoms with Crippen molar-refractivity contribution in [2.45, 2.75) is 82.7 Å². The summed E-state index contributed by atoms with van der Waals surface area (Å²) in [6, 6.07) is 11.9. The van der Waals surface area contributed by atoms with E-state index in [1.54, 1.807) is 6.33 Å². The molecule has 4 aromatic rings. The molecule has 18 heteroatoms. The van der Waals surface area contributed by atoms with Crippen LogP contribution in [0.3, 0.4) is 0 Å². The smallest absolute Gasteiger partial charge is 0.266 e. The summed E-state index contributed by atoms with van der Waals surface area (Å²) >= 11 is 0. The highest BCUT2D eigenvalue weighted by Gasteiger charge is 2.46. The maximum absolute atomic E-state index is 13.2. The van der Waals surface area contributed by atoms with Gasteiger partial charge in [0.1, 0.15) is 17.3 Å². The van der Waals surface area contributed by atoms with Gasteiger partial charge in [0.15, 0.2) is 18.1 Å². The first kappa shape index (κ1) is 40.2. The fourth-order valence-electron chi connectivity index (χ4n) is 8.30. The highest BCUT2D eigenvalue weighted by atomic mass is 16.5. The second-order valence-electron chi connectivity index (χ2n) is 15.6. The van der Waals surface area contributed by atoms with Crippen LogP contribution in [0.5, 0.6) is 5.75 Å². The van der Waals surface area contributed by atoms with Crippen LogP contribution in [0.15, 0.2) is 48.8 Å². The highest BCUT2D eigenvalue weighted by molar-refractivity contribution is 6.24. The molecule has 0 spiro atoms. The van der Waals surface area contributed by atoms with Crippen molar-refractivity contribution < 1.29 is 33.5 Å². The van der Waals surface area contributed by atoms with Gasteiger partial charge >= 0.3 is 0 Å². The monoisotopic (exact) mass is 819 g/mol. The number of unbranched alkanes of at least 4 members (excludes halogenated alkanes) is 2. The standard InChI is InChI=1S/C42H49N11O7/c54-32-18-17-30(39(57)48-32)53-40(58)29-10-7-11-31(35(29)41(53)59)60-24-33(55)43-19-6-2-5-12-34(56)52-22-20-51(21-23-52)28-15-13-27(14-16-28)47-42-49-37-36(44-25-45-37)38(50-42)46-26-8-3-1-4-9-26/h7,10-11,13-16,25-26,30H,1-6,8-9,12,17-24H2,(H,43,55)(H,48,54,57)(H3,44,45,46,47,49,50). The molecule has 2 aromatic heterocycles. The summed E-state index contributed by atoms with van der Waals surface area (Å²) in [6.45, 7) is 2.76. The minimum atomic E-state index is -1.10. The minimum absolute atomic E-state index is 0.0133. The third kappa shape index (κ3) is 9.01. The molecule has 1 atom stereocenters. The molecule has 6 amide bonds. The van der Waals surface area contributed by atoms with Crippen LogP contribution in [0.25, 0.3) is 11.2 Å². The number of nitrogens with one attached hydrogen (secondary N) is 5. The number of ether oxygens (including phenoxy) is 1. The number of fused-ring (bicyclic) bond motifs is 2. The van der Waals surface area contributed by atoms with Gasteiger partial charge in [-0.2, -0.15) is 9.97 Å². The lowest BCUT2D eigenvalue weighted by Gasteiger charge is -2.36. The van der Waals surface area contributed by atoms with E-state index in [9.17, 15) is 28.8 Å². The molecule has 2 saturated heterocycles. The van der Waals surface area contributed by atoms with Crippen molar-refractivity contribution in [2.75, 3.05) is 54.9 Å². The molecule has 1 aliphatic carbocycles. The number of carbonyl (C=O) groups is 6. The van der Waals surface area contributed by atoms with E-state index in [0.29, 0.717) is 56.5 Å². The number of imidazole rings is 1. The Labute approximate surface area is 346 Å². The van der Waals surface area contributed by atoms with Crippen molar-refractivity contribution in [1.82, 2.24) is 40.4 Å². The van der Waals surface area contributed by atoms with Gasteiger partial charge in [-0.25, -0.2) is 4.98 Å². The molecule has 3 aliphatic heterocycles. The van der Waals surface area contributed by atoms with Crippen molar-refractivity contribution in [1.29, 1.82) is 0 Å². The SMILES string of the molecule is O=C(COc1cccc2c1C(=O)N(C1CCC(=O)NC1=O)C2=O)NCCCCCC(=O)N1CCN(c2ccc(Nc3nc(NC4CCCCC4)c4[nH]cnc4n3)cc2)CC1. The van der Waals surface area contributed by atoms with E-state index in [2.05, 4.69) is 53.3 Å². The molecule has 314 valence electrons. The molecule has 4 aliphatic rings. The number of aromatic amines is 1. The zero-order valence-corrected chi connectivity index (χ0v) is 33.3. The van der Waals surface area contributed by atoms with Crippen LogP contribution in [0.1, 0.15) is 91.3 Å². The van der Waals surface area contributed by atoms with Gasteiger partial charge in [-0.05, 0) is 68.5 Å². The van der Waals surface area contributed by atoms with Crippen molar-refractivity contribution in [3.05, 3.63) is 59.9 Å². The normalized spacial score (nSPS) is 18.4. The molecule has 0 bridgehead atoms. The predicted molar refractivity (Wildman–Crippen MR) is 221 cm³/mol. The Morgan fingerprint density at radius 3 is 2.45 bits per heavy atom. The van der Waals surface area contributed by atoms with E-state index < -0.39 is 35.6 Å². The number of aromatic nitrogens is 4. The summed E-state index contributed by atoms with van der Waals surface area (Å²) in [6.07, 6.45) is 10.2. The predicted octanol–water partition coefficient (Wildman–Crippen LogP) is 3.65. The average molecular weight is 820 g/mol. The van der Waals surface area contributed by atoms with Crippen LogP contribution in [0, 0.1) is 0 Å².